The van der Waals surface area contributed by atoms with Gasteiger partial charge < -0.3 is 29.9 Å². The van der Waals surface area contributed by atoms with Crippen LogP contribution in [-0.2, 0) is 19.1 Å². The second kappa shape index (κ2) is 14.0. The Morgan fingerprint density at radius 2 is 1.86 bits per heavy atom. The monoisotopic (exact) mass is 624 g/mol. The smallest absolute Gasteiger partial charge is 0.251 e. The number of amides is 2. The molecule has 0 spiro atoms. The molecule has 4 fully saturated rings. The number of benzene rings is 1. The van der Waals surface area contributed by atoms with Gasteiger partial charge in [-0.2, -0.15) is 0 Å². The van der Waals surface area contributed by atoms with Gasteiger partial charge in [0.25, 0.3) is 5.91 Å². The molecule has 1 aromatic carbocycles. The maximum atomic E-state index is 14.1. The fraction of sp³-hybridized carbons (Fsp3) is 0.625. The Kier molecular flexibility index (Phi) is 9.92. The summed E-state index contributed by atoms with van der Waals surface area (Å²) < 4.78 is 11.0. The fourth-order valence-electron chi connectivity index (χ4n) is 7.11. The molecular weight excluding hydrogens is 580 g/mol. The van der Waals surface area contributed by atoms with Crippen molar-refractivity contribution in [2.24, 2.45) is 5.92 Å². The van der Waals surface area contributed by atoms with E-state index in [1.165, 1.54) is 0 Å². The van der Waals surface area contributed by atoms with Gasteiger partial charge in [0, 0.05) is 62.9 Å². The molecular formula is C32H44N6O5S. The summed E-state index contributed by atoms with van der Waals surface area (Å²) >= 11 is 1.64. The molecule has 4 atom stereocenters. The van der Waals surface area contributed by atoms with E-state index in [1.807, 2.05) is 19.2 Å². The van der Waals surface area contributed by atoms with Crippen LogP contribution >= 0.6 is 11.3 Å². The van der Waals surface area contributed by atoms with Crippen molar-refractivity contribution in [2.45, 2.75) is 56.3 Å². The Labute approximate surface area is 263 Å². The summed E-state index contributed by atoms with van der Waals surface area (Å²) in [6, 6.07) is 6.07. The van der Waals surface area contributed by atoms with Gasteiger partial charge >= 0.3 is 0 Å². The third kappa shape index (κ3) is 6.55. The number of ether oxygens (including phenoxy) is 2. The molecule has 4 aliphatic rings. The number of piperazine rings is 1. The fourth-order valence-corrected chi connectivity index (χ4v) is 8.00. The van der Waals surface area contributed by atoms with Crippen LogP contribution in [0.15, 0.2) is 29.6 Å². The highest BCUT2D eigenvalue weighted by Crippen LogP contribution is 2.33. The summed E-state index contributed by atoms with van der Waals surface area (Å²) in [6.45, 7) is 5.97. The number of Topliss-reactive ketones (excluding diaryl/α,β-unsaturated/α-hetero) is 1. The lowest BCUT2D eigenvalue weighted by Gasteiger charge is -2.34. The van der Waals surface area contributed by atoms with E-state index in [0.717, 1.165) is 87.8 Å². The number of anilines is 1. The minimum atomic E-state index is -0.678. The number of nitrogens with zero attached hydrogens (tertiary/aromatic N) is 4. The number of carbonyl (C=O) groups is 3. The average molecular weight is 625 g/mol. The number of likely N-dealkylation sites (tertiary alicyclic amines) is 1. The van der Waals surface area contributed by atoms with Crippen molar-refractivity contribution in [3.05, 3.63) is 35.2 Å². The molecule has 11 nitrogen and oxygen atoms in total. The first-order valence-electron chi connectivity index (χ1n) is 15.9. The number of nitrogens with one attached hydrogen (secondary N) is 2. The first-order valence-corrected chi connectivity index (χ1v) is 16.8. The number of fused-ring (bicyclic) bond motifs is 1. The second-order valence-electron chi connectivity index (χ2n) is 12.3. The van der Waals surface area contributed by atoms with Crippen LogP contribution in [0.5, 0.6) is 0 Å². The summed E-state index contributed by atoms with van der Waals surface area (Å²) in [4.78, 5) is 51.6. The van der Waals surface area contributed by atoms with Crippen LogP contribution in [0.3, 0.4) is 0 Å². The standard InChI is InChI=1S/C32H44N6O5S/c1-33-24-18-38(28-26(39)19-43-29(24)28)31(41)27(22-6-4-3-5-7-22)35-30(40)23-10-8-21(9-11-23)25-20-44-32(34-25)37-14-12-36(13-15-37)16-17-42-2/h8-11,20,22,24,27-29,33H,3-7,12-19H2,1-2H3,(H,35,40)/t24-,27-,28+,29-/m0/s1. The van der Waals surface area contributed by atoms with E-state index in [0.29, 0.717) is 12.1 Å². The third-order valence-corrected chi connectivity index (χ3v) is 10.6. The highest BCUT2D eigenvalue weighted by atomic mass is 32.1. The van der Waals surface area contributed by atoms with Crippen molar-refractivity contribution >= 4 is 34.1 Å². The highest BCUT2D eigenvalue weighted by Gasteiger charge is 2.53. The minimum Gasteiger partial charge on any atom is -0.383 e. The first kappa shape index (κ1) is 31.1. The molecule has 4 heterocycles. The van der Waals surface area contributed by atoms with Crippen LogP contribution in [0.2, 0.25) is 0 Å². The van der Waals surface area contributed by atoms with Crippen molar-refractivity contribution < 1.29 is 23.9 Å². The van der Waals surface area contributed by atoms with Crippen molar-refractivity contribution in [3.63, 3.8) is 0 Å². The molecule has 3 aliphatic heterocycles. The van der Waals surface area contributed by atoms with Gasteiger partial charge in [-0.25, -0.2) is 4.98 Å². The number of ketones is 1. The summed E-state index contributed by atoms with van der Waals surface area (Å²) in [5.74, 6) is -0.483. The van der Waals surface area contributed by atoms with Crippen LogP contribution in [-0.4, -0.2) is 123 Å². The zero-order chi connectivity index (χ0) is 30.6. The Balaban J connectivity index is 1.12. The highest BCUT2D eigenvalue weighted by molar-refractivity contribution is 7.14. The van der Waals surface area contributed by atoms with Gasteiger partial charge in [-0.3, -0.25) is 19.3 Å². The summed E-state index contributed by atoms with van der Waals surface area (Å²) in [6.07, 6.45) is 4.62. The molecule has 2 amide bonds. The number of hydrogen-bond acceptors (Lipinski definition) is 10. The predicted molar refractivity (Wildman–Crippen MR) is 169 cm³/mol. The van der Waals surface area contributed by atoms with Gasteiger partial charge in [-0.05, 0) is 37.9 Å². The number of carbonyl (C=O) groups excluding carboxylic acids is 3. The zero-order valence-electron chi connectivity index (χ0n) is 25.7. The second-order valence-corrected chi connectivity index (χ2v) is 13.2. The predicted octanol–water partition coefficient (Wildman–Crippen LogP) is 2.02. The molecule has 12 heteroatoms. The SMILES string of the molecule is CN[C@H]1CN(C(=O)[C@@H](NC(=O)c2ccc(-c3csc(N4CCN(CCOC)CC4)n3)cc2)C2CCCCC2)[C@@H]2C(=O)CO[C@@H]12. The van der Waals surface area contributed by atoms with E-state index in [1.54, 1.807) is 35.5 Å². The molecule has 3 saturated heterocycles. The van der Waals surface area contributed by atoms with Crippen LogP contribution in [0, 0.1) is 5.92 Å². The number of hydrogen-bond donors (Lipinski definition) is 2. The van der Waals surface area contributed by atoms with Crippen LogP contribution in [0.25, 0.3) is 11.3 Å². The molecule has 1 aromatic heterocycles. The van der Waals surface area contributed by atoms with Crippen molar-refractivity contribution in [2.75, 3.05) is 71.5 Å². The largest absolute Gasteiger partial charge is 0.383 e. The van der Waals surface area contributed by atoms with E-state index in [2.05, 4.69) is 25.8 Å². The lowest BCUT2D eigenvalue weighted by molar-refractivity contribution is -0.139. The molecule has 238 valence electrons. The van der Waals surface area contributed by atoms with E-state index in [9.17, 15) is 14.4 Å². The van der Waals surface area contributed by atoms with Gasteiger partial charge in [0.15, 0.2) is 10.9 Å². The van der Waals surface area contributed by atoms with Crippen molar-refractivity contribution in [1.82, 2.24) is 25.4 Å². The normalized spacial score (nSPS) is 25.3. The zero-order valence-corrected chi connectivity index (χ0v) is 26.5. The van der Waals surface area contributed by atoms with Crippen LogP contribution < -0.4 is 15.5 Å². The summed E-state index contributed by atoms with van der Waals surface area (Å²) in [5, 5.41) is 9.37. The van der Waals surface area contributed by atoms with Gasteiger partial charge in [0.2, 0.25) is 5.91 Å². The molecule has 44 heavy (non-hydrogen) atoms. The summed E-state index contributed by atoms with van der Waals surface area (Å²) in [7, 11) is 3.56. The van der Waals surface area contributed by atoms with Gasteiger partial charge in [-0.15, -0.1) is 11.3 Å². The average Bonchev–Trinajstić information content (AvgIpc) is 3.80. The topological polar surface area (TPSA) is 116 Å². The number of rotatable bonds is 10. The quantitative estimate of drug-likeness (QED) is 0.410. The number of thiazole rings is 1. The van der Waals surface area contributed by atoms with E-state index < -0.39 is 12.1 Å². The minimum absolute atomic E-state index is 0.0239. The molecule has 1 aliphatic carbocycles. The van der Waals surface area contributed by atoms with Crippen molar-refractivity contribution in [1.29, 1.82) is 0 Å². The number of methoxy groups -OCH3 is 1. The van der Waals surface area contributed by atoms with Crippen LogP contribution in [0.1, 0.15) is 42.5 Å². The van der Waals surface area contributed by atoms with Gasteiger partial charge in [-0.1, -0.05) is 31.4 Å². The first-order chi connectivity index (χ1) is 21.5. The maximum Gasteiger partial charge on any atom is 0.251 e. The molecule has 1 saturated carbocycles. The van der Waals surface area contributed by atoms with E-state index in [-0.39, 0.29) is 42.3 Å². The Morgan fingerprint density at radius 3 is 2.57 bits per heavy atom. The molecule has 0 unspecified atom stereocenters. The molecule has 0 bridgehead atoms. The molecule has 6 rings (SSSR count). The molecule has 0 radical (unpaired) electrons. The van der Waals surface area contributed by atoms with Gasteiger partial charge in [0.1, 0.15) is 24.8 Å². The lowest BCUT2D eigenvalue weighted by Crippen LogP contribution is -2.55. The van der Waals surface area contributed by atoms with Crippen molar-refractivity contribution in [3.8, 4) is 11.3 Å². The van der Waals surface area contributed by atoms with E-state index >= 15 is 0 Å². The third-order valence-electron chi connectivity index (χ3n) is 9.70. The maximum absolute atomic E-state index is 14.1. The summed E-state index contributed by atoms with van der Waals surface area (Å²) in [5.41, 5.74) is 2.33. The van der Waals surface area contributed by atoms with Gasteiger partial charge in [0.05, 0.1) is 18.3 Å². The Hall–Kier alpha value is -2.90. The number of likely N-dealkylation sites (N-methyl/N-ethyl adjacent to an activating group) is 1. The number of aromatic nitrogens is 1. The Bertz CT molecular complexity index is 1310. The lowest BCUT2D eigenvalue weighted by atomic mass is 9.83. The molecule has 2 aromatic rings. The molecule has 2 N–H and O–H groups in total. The van der Waals surface area contributed by atoms with E-state index in [4.69, 9.17) is 14.5 Å². The van der Waals surface area contributed by atoms with Crippen LogP contribution in [0.4, 0.5) is 5.13 Å². The Morgan fingerprint density at radius 1 is 1.11 bits per heavy atom.